The van der Waals surface area contributed by atoms with Gasteiger partial charge in [0.15, 0.2) is 0 Å². The summed E-state index contributed by atoms with van der Waals surface area (Å²) in [6.07, 6.45) is 1.85. The maximum atomic E-state index is 10.8. The van der Waals surface area contributed by atoms with Crippen molar-refractivity contribution in [1.29, 1.82) is 0 Å². The van der Waals surface area contributed by atoms with Gasteiger partial charge in [-0.05, 0) is 31.2 Å². The van der Waals surface area contributed by atoms with Crippen molar-refractivity contribution in [3.63, 3.8) is 0 Å². The van der Waals surface area contributed by atoms with E-state index in [1.165, 1.54) is 0 Å². The lowest BCUT2D eigenvalue weighted by Gasteiger charge is -2.01. The highest BCUT2D eigenvalue weighted by Gasteiger charge is 2.14. The van der Waals surface area contributed by atoms with Crippen LogP contribution in [-0.2, 0) is 6.54 Å². The molecule has 0 unspecified atom stereocenters. The van der Waals surface area contributed by atoms with Crippen molar-refractivity contribution in [2.24, 2.45) is 0 Å². The smallest absolute Gasteiger partial charge is 0.339 e. The van der Waals surface area contributed by atoms with E-state index in [2.05, 4.69) is 21.8 Å². The topological polar surface area (TPSA) is 53.2 Å². The van der Waals surface area contributed by atoms with E-state index < -0.39 is 5.97 Å². The van der Waals surface area contributed by atoms with Gasteiger partial charge in [0.1, 0.15) is 17.9 Å². The number of nitrogens with zero attached hydrogens (tertiary/aromatic N) is 1. The summed E-state index contributed by atoms with van der Waals surface area (Å²) in [5.74, 6) is -0.916. The lowest BCUT2D eigenvalue weighted by Crippen LogP contribution is -3.00. The number of carboxylic acid groups (broad SMARTS) is 1. The average molecular weight is 355 g/mol. The molecule has 2 rings (SSSR count). The molecule has 0 atom stereocenters. The van der Waals surface area contributed by atoms with Gasteiger partial charge >= 0.3 is 11.1 Å². The first-order valence-electron chi connectivity index (χ1n) is 5.81. The quantitative estimate of drug-likeness (QED) is 0.585. The Hall–Kier alpha value is -1.66. The summed E-state index contributed by atoms with van der Waals surface area (Å²) < 4.78 is 2.11. The predicted octanol–water partition coefficient (Wildman–Crippen LogP) is -0.0242. The SMILES string of the molecule is C=CC[n+]1c(C)csc1Nc1ccc(C(=O)O)cc1.[Br-]. The zero-order valence-corrected chi connectivity index (χ0v) is 13.4. The van der Waals surface area contributed by atoms with Gasteiger partial charge in [0.05, 0.1) is 5.56 Å². The van der Waals surface area contributed by atoms with Gasteiger partial charge in [0.25, 0.3) is 0 Å². The first-order valence-corrected chi connectivity index (χ1v) is 6.69. The lowest BCUT2D eigenvalue weighted by molar-refractivity contribution is -0.674. The highest BCUT2D eigenvalue weighted by molar-refractivity contribution is 7.13. The number of halogens is 1. The number of carboxylic acids is 1. The van der Waals surface area contributed by atoms with Crippen molar-refractivity contribution in [2.45, 2.75) is 13.5 Å². The zero-order valence-electron chi connectivity index (χ0n) is 11.0. The number of thiazole rings is 1. The number of hydrogen-bond acceptors (Lipinski definition) is 3. The minimum absolute atomic E-state index is 0. The van der Waals surface area contributed by atoms with E-state index in [4.69, 9.17) is 5.11 Å². The second-order valence-corrected chi connectivity index (χ2v) is 4.95. The van der Waals surface area contributed by atoms with E-state index >= 15 is 0 Å². The normalized spacial score (nSPS) is 9.65. The van der Waals surface area contributed by atoms with Crippen molar-refractivity contribution >= 4 is 28.1 Å². The molecular formula is C14H15BrN2O2S. The summed E-state index contributed by atoms with van der Waals surface area (Å²) in [6.45, 7) is 6.53. The molecule has 1 aromatic carbocycles. The Morgan fingerprint density at radius 1 is 1.45 bits per heavy atom. The van der Waals surface area contributed by atoms with Crippen LogP contribution in [0.3, 0.4) is 0 Å². The van der Waals surface area contributed by atoms with E-state index in [-0.39, 0.29) is 22.5 Å². The number of rotatable bonds is 5. The number of nitrogens with one attached hydrogen (secondary N) is 1. The number of aromatic carboxylic acids is 1. The van der Waals surface area contributed by atoms with Crippen molar-refractivity contribution in [3.05, 3.63) is 53.6 Å². The minimum Gasteiger partial charge on any atom is -1.00 e. The molecule has 0 bridgehead atoms. The summed E-state index contributed by atoms with van der Waals surface area (Å²) in [5, 5.41) is 15.2. The predicted molar refractivity (Wildman–Crippen MR) is 76.1 cm³/mol. The second-order valence-electron chi connectivity index (χ2n) is 4.09. The first kappa shape index (κ1) is 16.4. The van der Waals surface area contributed by atoms with Crippen LogP contribution in [0.2, 0.25) is 0 Å². The fourth-order valence-electron chi connectivity index (χ4n) is 1.70. The van der Waals surface area contributed by atoms with Crippen LogP contribution in [0.1, 0.15) is 16.1 Å². The second kappa shape index (κ2) is 7.21. The highest BCUT2D eigenvalue weighted by atomic mass is 79.9. The summed E-state index contributed by atoms with van der Waals surface area (Å²) >= 11 is 1.61. The van der Waals surface area contributed by atoms with Crippen molar-refractivity contribution in [1.82, 2.24) is 0 Å². The maximum Gasteiger partial charge on any atom is 0.339 e. The maximum absolute atomic E-state index is 10.8. The summed E-state index contributed by atoms with van der Waals surface area (Å²) in [7, 11) is 0. The average Bonchev–Trinajstić information content (AvgIpc) is 2.73. The highest BCUT2D eigenvalue weighted by Crippen LogP contribution is 2.19. The molecule has 0 fully saturated rings. The first-order chi connectivity index (χ1) is 9.11. The van der Waals surface area contributed by atoms with E-state index in [0.717, 1.165) is 23.1 Å². The molecule has 20 heavy (non-hydrogen) atoms. The largest absolute Gasteiger partial charge is 1.00 e. The Balaban J connectivity index is 0.00000200. The fraction of sp³-hybridized carbons (Fsp3) is 0.143. The molecule has 2 aromatic rings. The van der Waals surface area contributed by atoms with Crippen LogP contribution in [-0.4, -0.2) is 11.1 Å². The van der Waals surface area contributed by atoms with Crippen LogP contribution in [0, 0.1) is 6.92 Å². The van der Waals surface area contributed by atoms with E-state index in [1.54, 1.807) is 35.6 Å². The molecule has 0 saturated heterocycles. The third kappa shape index (κ3) is 3.68. The minimum atomic E-state index is -0.916. The molecule has 0 amide bonds. The third-order valence-electron chi connectivity index (χ3n) is 2.71. The number of benzene rings is 1. The zero-order chi connectivity index (χ0) is 13.8. The van der Waals surface area contributed by atoms with Gasteiger partial charge in [-0.1, -0.05) is 24.0 Å². The van der Waals surface area contributed by atoms with Crippen LogP contribution in [0.5, 0.6) is 0 Å². The molecule has 2 N–H and O–H groups in total. The Morgan fingerprint density at radius 2 is 2.10 bits per heavy atom. The molecule has 0 radical (unpaired) electrons. The summed E-state index contributed by atoms with van der Waals surface area (Å²) in [6, 6.07) is 6.69. The monoisotopic (exact) mass is 354 g/mol. The number of aromatic nitrogens is 1. The molecular weight excluding hydrogens is 340 g/mol. The standard InChI is InChI=1S/C14H14N2O2S.BrH/c1-3-8-16-10(2)9-19-14(16)15-12-6-4-11(5-7-12)13(17)18;/h3-7,9H,1,8H2,2H3,(H,17,18);1H. The van der Waals surface area contributed by atoms with Gasteiger partial charge in [0, 0.05) is 5.38 Å². The molecule has 1 heterocycles. The van der Waals surface area contributed by atoms with Gasteiger partial charge in [0.2, 0.25) is 0 Å². The number of anilines is 2. The Kier molecular flexibility index (Phi) is 5.91. The van der Waals surface area contributed by atoms with E-state index in [1.807, 2.05) is 13.0 Å². The molecule has 6 heteroatoms. The van der Waals surface area contributed by atoms with Gasteiger partial charge in [-0.25, -0.2) is 14.7 Å². The van der Waals surface area contributed by atoms with Crippen LogP contribution in [0.4, 0.5) is 10.8 Å². The Labute approximate surface area is 132 Å². The number of aryl methyl sites for hydroxylation is 1. The van der Waals surface area contributed by atoms with Crippen LogP contribution in [0.15, 0.2) is 42.3 Å². The van der Waals surface area contributed by atoms with E-state index in [0.29, 0.717) is 0 Å². The van der Waals surface area contributed by atoms with Crippen LogP contribution < -0.4 is 26.9 Å². The molecule has 0 spiro atoms. The summed E-state index contributed by atoms with van der Waals surface area (Å²) in [5.41, 5.74) is 2.31. The Morgan fingerprint density at radius 3 is 2.65 bits per heavy atom. The lowest BCUT2D eigenvalue weighted by atomic mass is 10.2. The summed E-state index contributed by atoms with van der Waals surface area (Å²) in [4.78, 5) is 10.8. The van der Waals surface area contributed by atoms with Crippen molar-refractivity contribution in [2.75, 3.05) is 5.32 Å². The fourth-order valence-corrected chi connectivity index (χ4v) is 2.63. The number of carbonyl (C=O) groups is 1. The Bertz CT molecular complexity index is 608. The number of allylic oxidation sites excluding steroid dienone is 1. The van der Waals surface area contributed by atoms with Gasteiger partial charge in [-0.3, -0.25) is 0 Å². The van der Waals surface area contributed by atoms with Gasteiger partial charge in [-0.15, -0.1) is 0 Å². The molecule has 106 valence electrons. The van der Waals surface area contributed by atoms with E-state index in [9.17, 15) is 4.79 Å². The van der Waals surface area contributed by atoms with Crippen molar-refractivity contribution in [3.8, 4) is 0 Å². The van der Waals surface area contributed by atoms with Crippen LogP contribution >= 0.6 is 11.3 Å². The molecule has 0 saturated carbocycles. The number of hydrogen-bond donors (Lipinski definition) is 2. The molecule has 0 aliphatic carbocycles. The third-order valence-corrected chi connectivity index (χ3v) is 3.71. The molecule has 0 aliphatic heterocycles. The molecule has 1 aromatic heterocycles. The molecule has 4 nitrogen and oxygen atoms in total. The van der Waals surface area contributed by atoms with Crippen molar-refractivity contribution < 1.29 is 31.4 Å². The molecule has 0 aliphatic rings. The van der Waals surface area contributed by atoms with Gasteiger partial charge < -0.3 is 22.1 Å². The van der Waals surface area contributed by atoms with Crippen LogP contribution in [0.25, 0.3) is 0 Å². The van der Waals surface area contributed by atoms with Gasteiger partial charge in [-0.2, -0.15) is 0 Å².